The third-order valence-electron chi connectivity index (χ3n) is 3.78. The number of carbonyl (C=O) groups is 2. The molecule has 0 unspecified atom stereocenters. The second-order valence-electron chi connectivity index (χ2n) is 6.82. The Morgan fingerprint density at radius 2 is 1.39 bits per heavy atom. The summed E-state index contributed by atoms with van der Waals surface area (Å²) in [6.45, 7) is 8.56. The maximum atomic E-state index is 12.4. The van der Waals surface area contributed by atoms with Gasteiger partial charge in [-0.25, -0.2) is 9.59 Å². The predicted molar refractivity (Wildman–Crippen MR) is 90.7 cm³/mol. The van der Waals surface area contributed by atoms with E-state index in [9.17, 15) is 14.7 Å². The SMILES string of the molecule is CC(C)CCC(CCC(C)C)OC(=O)c1ccccc1C(=O)O. The first-order chi connectivity index (χ1) is 10.8. The lowest BCUT2D eigenvalue weighted by Crippen LogP contribution is -2.21. The molecule has 0 spiro atoms. The number of hydrogen-bond acceptors (Lipinski definition) is 3. The second kappa shape index (κ2) is 9.33. The molecule has 0 bridgehead atoms. The summed E-state index contributed by atoms with van der Waals surface area (Å²) in [4.78, 5) is 23.6. The van der Waals surface area contributed by atoms with E-state index >= 15 is 0 Å². The van der Waals surface area contributed by atoms with E-state index in [1.54, 1.807) is 12.1 Å². The minimum atomic E-state index is -1.11. The number of benzene rings is 1. The summed E-state index contributed by atoms with van der Waals surface area (Å²) in [5.41, 5.74) is 0.114. The van der Waals surface area contributed by atoms with E-state index in [0.29, 0.717) is 11.8 Å². The van der Waals surface area contributed by atoms with Crippen molar-refractivity contribution in [1.82, 2.24) is 0 Å². The molecule has 4 heteroatoms. The first kappa shape index (κ1) is 19.2. The molecule has 23 heavy (non-hydrogen) atoms. The van der Waals surface area contributed by atoms with Crippen LogP contribution in [0.3, 0.4) is 0 Å². The molecule has 0 aromatic heterocycles. The Labute approximate surface area is 138 Å². The average molecular weight is 320 g/mol. The maximum absolute atomic E-state index is 12.4. The molecule has 0 atom stereocenters. The third-order valence-corrected chi connectivity index (χ3v) is 3.78. The first-order valence-corrected chi connectivity index (χ1v) is 8.34. The van der Waals surface area contributed by atoms with Crippen LogP contribution >= 0.6 is 0 Å². The molecular weight excluding hydrogens is 292 g/mol. The van der Waals surface area contributed by atoms with Crippen LogP contribution < -0.4 is 0 Å². The lowest BCUT2D eigenvalue weighted by atomic mass is 9.98. The maximum Gasteiger partial charge on any atom is 0.339 e. The van der Waals surface area contributed by atoms with E-state index in [1.165, 1.54) is 12.1 Å². The minimum Gasteiger partial charge on any atom is -0.478 e. The Balaban J connectivity index is 2.81. The van der Waals surface area contributed by atoms with Crippen LogP contribution in [0.25, 0.3) is 0 Å². The van der Waals surface area contributed by atoms with Gasteiger partial charge in [0.05, 0.1) is 11.1 Å². The zero-order valence-electron chi connectivity index (χ0n) is 14.5. The average Bonchev–Trinajstić information content (AvgIpc) is 2.49. The molecule has 0 aliphatic rings. The highest BCUT2D eigenvalue weighted by Gasteiger charge is 2.21. The summed E-state index contributed by atoms with van der Waals surface area (Å²) in [6.07, 6.45) is 3.43. The third kappa shape index (κ3) is 6.85. The summed E-state index contributed by atoms with van der Waals surface area (Å²) in [5, 5.41) is 9.19. The summed E-state index contributed by atoms with van der Waals surface area (Å²) >= 11 is 0. The zero-order chi connectivity index (χ0) is 17.4. The molecule has 1 N–H and O–H groups in total. The second-order valence-corrected chi connectivity index (χ2v) is 6.82. The molecule has 4 nitrogen and oxygen atoms in total. The van der Waals surface area contributed by atoms with E-state index in [0.717, 1.165) is 25.7 Å². The number of carbonyl (C=O) groups excluding carboxylic acids is 1. The van der Waals surface area contributed by atoms with Gasteiger partial charge in [-0.2, -0.15) is 0 Å². The lowest BCUT2D eigenvalue weighted by molar-refractivity contribution is 0.0231. The fourth-order valence-electron chi connectivity index (χ4n) is 2.36. The number of carboxylic acid groups (broad SMARTS) is 1. The van der Waals surface area contributed by atoms with Crippen LogP contribution in [-0.4, -0.2) is 23.1 Å². The summed E-state index contributed by atoms with van der Waals surface area (Å²) < 4.78 is 5.63. The van der Waals surface area contributed by atoms with Crippen LogP contribution in [0.1, 0.15) is 74.1 Å². The van der Waals surface area contributed by atoms with Gasteiger partial charge < -0.3 is 9.84 Å². The van der Waals surface area contributed by atoms with Gasteiger partial charge in [0.25, 0.3) is 0 Å². The van der Waals surface area contributed by atoms with Crippen molar-refractivity contribution < 1.29 is 19.4 Å². The minimum absolute atomic E-state index is 0.0102. The molecule has 128 valence electrons. The Morgan fingerprint density at radius 3 is 1.83 bits per heavy atom. The number of aromatic carboxylic acids is 1. The molecular formula is C19H28O4. The van der Waals surface area contributed by atoms with Gasteiger partial charge in [-0.1, -0.05) is 39.8 Å². The van der Waals surface area contributed by atoms with Gasteiger partial charge in [0.2, 0.25) is 0 Å². The van der Waals surface area contributed by atoms with E-state index in [-0.39, 0.29) is 17.2 Å². The lowest BCUT2D eigenvalue weighted by Gasteiger charge is -2.20. The van der Waals surface area contributed by atoms with E-state index in [1.807, 2.05) is 0 Å². The molecule has 0 radical (unpaired) electrons. The molecule has 0 saturated heterocycles. The fourth-order valence-corrected chi connectivity index (χ4v) is 2.36. The van der Waals surface area contributed by atoms with Gasteiger partial charge in [-0.15, -0.1) is 0 Å². The Bertz CT molecular complexity index is 508. The quantitative estimate of drug-likeness (QED) is 0.665. The van der Waals surface area contributed by atoms with Crippen molar-refractivity contribution in [2.45, 2.75) is 59.5 Å². The molecule has 1 rings (SSSR count). The van der Waals surface area contributed by atoms with E-state index in [4.69, 9.17) is 4.74 Å². The van der Waals surface area contributed by atoms with Crippen molar-refractivity contribution in [1.29, 1.82) is 0 Å². The zero-order valence-corrected chi connectivity index (χ0v) is 14.5. The smallest absolute Gasteiger partial charge is 0.339 e. The highest BCUT2D eigenvalue weighted by molar-refractivity contribution is 6.02. The van der Waals surface area contributed by atoms with Crippen molar-refractivity contribution in [2.75, 3.05) is 0 Å². The molecule has 1 aromatic rings. The molecule has 1 aromatic carbocycles. The molecule has 0 saturated carbocycles. The van der Waals surface area contributed by atoms with Gasteiger partial charge in [-0.3, -0.25) is 0 Å². The van der Waals surface area contributed by atoms with Crippen LogP contribution in [-0.2, 0) is 4.74 Å². The van der Waals surface area contributed by atoms with Crippen molar-refractivity contribution >= 4 is 11.9 Å². The number of rotatable bonds is 9. The molecule has 0 aliphatic heterocycles. The van der Waals surface area contributed by atoms with Crippen LogP contribution in [0.15, 0.2) is 24.3 Å². The summed E-state index contributed by atoms with van der Waals surface area (Å²) in [5.74, 6) is -0.568. The van der Waals surface area contributed by atoms with Gasteiger partial charge in [-0.05, 0) is 49.7 Å². The Kier molecular flexibility index (Phi) is 7.79. The van der Waals surface area contributed by atoms with Crippen LogP contribution in [0, 0.1) is 11.8 Å². The van der Waals surface area contributed by atoms with Gasteiger partial charge >= 0.3 is 11.9 Å². The van der Waals surface area contributed by atoms with Crippen molar-refractivity contribution in [3.63, 3.8) is 0 Å². The summed E-state index contributed by atoms with van der Waals surface area (Å²) in [7, 11) is 0. The topological polar surface area (TPSA) is 63.6 Å². The number of ether oxygens (including phenoxy) is 1. The van der Waals surface area contributed by atoms with Crippen LogP contribution in [0.2, 0.25) is 0 Å². The predicted octanol–water partition coefficient (Wildman–Crippen LogP) is 4.78. The van der Waals surface area contributed by atoms with Gasteiger partial charge in [0, 0.05) is 0 Å². The van der Waals surface area contributed by atoms with E-state index in [2.05, 4.69) is 27.7 Å². The largest absolute Gasteiger partial charge is 0.478 e. The Morgan fingerprint density at radius 1 is 0.913 bits per heavy atom. The molecule has 0 amide bonds. The van der Waals surface area contributed by atoms with Gasteiger partial charge in [0.15, 0.2) is 0 Å². The van der Waals surface area contributed by atoms with Gasteiger partial charge in [0.1, 0.15) is 6.10 Å². The monoisotopic (exact) mass is 320 g/mol. The van der Waals surface area contributed by atoms with Crippen molar-refractivity contribution in [3.05, 3.63) is 35.4 Å². The number of hydrogen-bond donors (Lipinski definition) is 1. The Hall–Kier alpha value is -1.84. The summed E-state index contributed by atoms with van der Waals surface area (Å²) in [6, 6.07) is 6.19. The molecule has 0 fully saturated rings. The standard InChI is InChI=1S/C19H28O4/c1-13(2)9-11-15(12-10-14(3)4)23-19(22)17-8-6-5-7-16(17)18(20)21/h5-8,13-15H,9-12H2,1-4H3,(H,20,21). The van der Waals surface area contributed by atoms with Crippen molar-refractivity contribution in [2.24, 2.45) is 11.8 Å². The van der Waals surface area contributed by atoms with Crippen molar-refractivity contribution in [3.8, 4) is 0 Å². The molecule has 0 heterocycles. The molecule has 0 aliphatic carbocycles. The van der Waals surface area contributed by atoms with Crippen LogP contribution in [0.4, 0.5) is 0 Å². The normalized spacial score (nSPS) is 11.3. The highest BCUT2D eigenvalue weighted by Crippen LogP contribution is 2.19. The highest BCUT2D eigenvalue weighted by atomic mass is 16.5. The first-order valence-electron chi connectivity index (χ1n) is 8.34. The van der Waals surface area contributed by atoms with Crippen LogP contribution in [0.5, 0.6) is 0 Å². The number of carboxylic acids is 1. The number of esters is 1. The van der Waals surface area contributed by atoms with E-state index < -0.39 is 11.9 Å². The fraction of sp³-hybridized carbons (Fsp3) is 0.579.